The van der Waals surface area contributed by atoms with Gasteiger partial charge in [-0.25, -0.2) is 9.97 Å². The van der Waals surface area contributed by atoms with Crippen molar-refractivity contribution in [2.45, 2.75) is 32.9 Å². The summed E-state index contributed by atoms with van der Waals surface area (Å²) in [6.45, 7) is 5.48. The highest BCUT2D eigenvalue weighted by molar-refractivity contribution is 5.83. The highest BCUT2D eigenvalue weighted by Crippen LogP contribution is 2.18. The number of rotatable bonds is 4. The van der Waals surface area contributed by atoms with Crippen molar-refractivity contribution in [2.24, 2.45) is 0 Å². The second kappa shape index (κ2) is 6.78. The summed E-state index contributed by atoms with van der Waals surface area (Å²) >= 11 is 0. The number of likely N-dealkylation sites (tertiary alicyclic amines) is 1. The predicted molar refractivity (Wildman–Crippen MR) is 99.1 cm³/mol. The molecule has 0 spiro atoms. The van der Waals surface area contributed by atoms with E-state index in [9.17, 15) is 4.79 Å². The molecule has 3 aromatic rings. The molecular weight excluding hydrogens is 328 g/mol. The number of carbonyl (C=O) groups excluding carboxylic acids is 1. The maximum atomic E-state index is 12.7. The number of nitrogens with zero attached hydrogens (tertiary/aromatic N) is 4. The molecule has 1 amide bonds. The van der Waals surface area contributed by atoms with Crippen LogP contribution in [0.15, 0.2) is 42.6 Å². The van der Waals surface area contributed by atoms with E-state index in [1.165, 1.54) is 0 Å². The molecule has 26 heavy (non-hydrogen) atoms. The van der Waals surface area contributed by atoms with E-state index >= 15 is 0 Å². The third-order valence-corrected chi connectivity index (χ3v) is 4.72. The Morgan fingerprint density at radius 1 is 1.19 bits per heavy atom. The van der Waals surface area contributed by atoms with Gasteiger partial charge in [-0.05, 0) is 37.4 Å². The van der Waals surface area contributed by atoms with Gasteiger partial charge in [0, 0.05) is 36.1 Å². The Morgan fingerprint density at radius 3 is 2.77 bits per heavy atom. The topological polar surface area (TPSA) is 60.2 Å². The van der Waals surface area contributed by atoms with Crippen LogP contribution >= 0.6 is 0 Å². The highest BCUT2D eigenvalue weighted by atomic mass is 16.5. The molecule has 1 aliphatic rings. The van der Waals surface area contributed by atoms with Gasteiger partial charge in [-0.15, -0.1) is 0 Å². The molecule has 134 valence electrons. The number of aromatic nitrogens is 3. The van der Waals surface area contributed by atoms with Crippen molar-refractivity contribution in [3.63, 3.8) is 0 Å². The van der Waals surface area contributed by atoms with Gasteiger partial charge in [0.15, 0.2) is 0 Å². The van der Waals surface area contributed by atoms with Gasteiger partial charge in [-0.1, -0.05) is 18.2 Å². The van der Waals surface area contributed by atoms with Gasteiger partial charge in [0.1, 0.15) is 12.6 Å². The standard InChI is InChI=1S/C20H22N4O2/c1-14-11-15(2)22-20(21-14)26-17-8-10-24(12-17)19(25)13-23-9-7-16-5-3-4-6-18(16)23/h3-7,9,11,17H,8,10,12-13H2,1-2H3. The van der Waals surface area contributed by atoms with Gasteiger partial charge in [0.05, 0.1) is 6.54 Å². The lowest BCUT2D eigenvalue weighted by atomic mass is 10.2. The minimum absolute atomic E-state index is 0.0541. The van der Waals surface area contributed by atoms with Crippen molar-refractivity contribution in [1.29, 1.82) is 0 Å². The molecule has 4 rings (SSSR count). The van der Waals surface area contributed by atoms with Crippen molar-refractivity contribution in [2.75, 3.05) is 13.1 Å². The molecule has 0 radical (unpaired) electrons. The van der Waals surface area contributed by atoms with E-state index in [-0.39, 0.29) is 12.0 Å². The van der Waals surface area contributed by atoms with Gasteiger partial charge >= 0.3 is 6.01 Å². The molecular formula is C20H22N4O2. The van der Waals surface area contributed by atoms with E-state index in [0.29, 0.717) is 25.6 Å². The van der Waals surface area contributed by atoms with E-state index in [1.807, 2.05) is 59.8 Å². The first-order valence-corrected chi connectivity index (χ1v) is 8.89. The summed E-state index contributed by atoms with van der Waals surface area (Å²) in [5.41, 5.74) is 2.85. The third-order valence-electron chi connectivity index (χ3n) is 4.72. The monoisotopic (exact) mass is 350 g/mol. The molecule has 0 aliphatic carbocycles. The molecule has 6 nitrogen and oxygen atoms in total. The van der Waals surface area contributed by atoms with Crippen LogP contribution in [0, 0.1) is 13.8 Å². The maximum absolute atomic E-state index is 12.7. The number of amides is 1. The minimum Gasteiger partial charge on any atom is -0.458 e. The summed E-state index contributed by atoms with van der Waals surface area (Å²) in [4.78, 5) is 23.2. The zero-order chi connectivity index (χ0) is 18.1. The smallest absolute Gasteiger partial charge is 0.317 e. The largest absolute Gasteiger partial charge is 0.458 e. The van der Waals surface area contributed by atoms with Crippen molar-refractivity contribution >= 4 is 16.8 Å². The van der Waals surface area contributed by atoms with E-state index in [0.717, 1.165) is 28.7 Å². The normalized spacial score (nSPS) is 17.0. The lowest BCUT2D eigenvalue weighted by Crippen LogP contribution is -2.33. The van der Waals surface area contributed by atoms with Crippen LogP contribution in [-0.4, -0.2) is 44.5 Å². The number of aryl methyl sites for hydroxylation is 2. The molecule has 2 aromatic heterocycles. The molecule has 1 fully saturated rings. The SMILES string of the molecule is Cc1cc(C)nc(OC2CCN(C(=O)Cn3ccc4ccccc43)C2)n1. The first kappa shape index (κ1) is 16.6. The van der Waals surface area contributed by atoms with Crippen molar-refractivity contribution in [3.8, 4) is 6.01 Å². The van der Waals surface area contributed by atoms with Crippen molar-refractivity contribution in [3.05, 3.63) is 54.0 Å². The summed E-state index contributed by atoms with van der Waals surface area (Å²) in [5, 5.41) is 1.15. The molecule has 1 atom stereocenters. The second-order valence-electron chi connectivity index (χ2n) is 6.80. The van der Waals surface area contributed by atoms with Crippen LogP contribution < -0.4 is 4.74 Å². The van der Waals surface area contributed by atoms with Crippen LogP contribution in [0.3, 0.4) is 0 Å². The fraction of sp³-hybridized carbons (Fsp3) is 0.350. The number of fused-ring (bicyclic) bond motifs is 1. The number of hydrogen-bond acceptors (Lipinski definition) is 4. The lowest BCUT2D eigenvalue weighted by Gasteiger charge is -2.17. The van der Waals surface area contributed by atoms with Crippen LogP contribution in [0.2, 0.25) is 0 Å². The number of para-hydroxylation sites is 1. The Hall–Kier alpha value is -2.89. The maximum Gasteiger partial charge on any atom is 0.317 e. The van der Waals surface area contributed by atoms with E-state index < -0.39 is 0 Å². The Bertz CT molecular complexity index is 930. The molecule has 0 saturated carbocycles. The average molecular weight is 350 g/mol. The Morgan fingerprint density at radius 2 is 1.96 bits per heavy atom. The van der Waals surface area contributed by atoms with Gasteiger partial charge in [-0.2, -0.15) is 0 Å². The summed E-state index contributed by atoms with van der Waals surface area (Å²) in [6.07, 6.45) is 2.71. The van der Waals surface area contributed by atoms with E-state index in [1.54, 1.807) is 0 Å². The fourth-order valence-corrected chi connectivity index (χ4v) is 3.47. The number of ether oxygens (including phenoxy) is 1. The average Bonchev–Trinajstić information content (AvgIpc) is 3.22. The molecule has 6 heteroatoms. The number of hydrogen-bond donors (Lipinski definition) is 0. The van der Waals surface area contributed by atoms with Crippen molar-refractivity contribution in [1.82, 2.24) is 19.4 Å². The zero-order valence-electron chi connectivity index (χ0n) is 15.1. The number of benzene rings is 1. The van der Waals surface area contributed by atoms with Crippen LogP contribution in [0.25, 0.3) is 10.9 Å². The fourth-order valence-electron chi connectivity index (χ4n) is 3.47. The van der Waals surface area contributed by atoms with Gasteiger partial charge < -0.3 is 14.2 Å². The molecule has 0 bridgehead atoms. The summed E-state index contributed by atoms with van der Waals surface area (Å²) in [5.74, 6) is 0.110. The van der Waals surface area contributed by atoms with E-state index in [2.05, 4.69) is 16.0 Å². The first-order valence-electron chi connectivity index (χ1n) is 8.89. The molecule has 1 aromatic carbocycles. The first-order chi connectivity index (χ1) is 12.6. The Labute approximate surface area is 152 Å². The molecule has 3 heterocycles. The van der Waals surface area contributed by atoms with Crippen LogP contribution in [0.4, 0.5) is 0 Å². The summed E-state index contributed by atoms with van der Waals surface area (Å²) in [6, 6.07) is 12.4. The Balaban J connectivity index is 1.39. The molecule has 1 unspecified atom stereocenters. The summed E-state index contributed by atoms with van der Waals surface area (Å²) < 4.78 is 7.90. The quantitative estimate of drug-likeness (QED) is 0.726. The van der Waals surface area contributed by atoms with Crippen molar-refractivity contribution < 1.29 is 9.53 Å². The molecule has 1 saturated heterocycles. The zero-order valence-corrected chi connectivity index (χ0v) is 15.1. The van der Waals surface area contributed by atoms with Crippen LogP contribution in [0.1, 0.15) is 17.8 Å². The van der Waals surface area contributed by atoms with Gasteiger partial charge in [0.25, 0.3) is 0 Å². The number of carbonyl (C=O) groups is 1. The van der Waals surface area contributed by atoms with Gasteiger partial charge in [0.2, 0.25) is 5.91 Å². The second-order valence-corrected chi connectivity index (χ2v) is 6.80. The molecule has 0 N–H and O–H groups in total. The minimum atomic E-state index is -0.0541. The summed E-state index contributed by atoms with van der Waals surface area (Å²) in [7, 11) is 0. The predicted octanol–water partition coefficient (Wildman–Crippen LogP) is 2.73. The third kappa shape index (κ3) is 3.40. The lowest BCUT2D eigenvalue weighted by molar-refractivity contribution is -0.131. The van der Waals surface area contributed by atoms with Gasteiger partial charge in [-0.3, -0.25) is 4.79 Å². The Kier molecular flexibility index (Phi) is 4.32. The van der Waals surface area contributed by atoms with E-state index in [4.69, 9.17) is 4.74 Å². The molecule has 1 aliphatic heterocycles. The highest BCUT2D eigenvalue weighted by Gasteiger charge is 2.28. The van der Waals surface area contributed by atoms with Crippen LogP contribution in [0.5, 0.6) is 6.01 Å². The van der Waals surface area contributed by atoms with Crippen LogP contribution in [-0.2, 0) is 11.3 Å².